The first-order chi connectivity index (χ1) is 8.70. The Morgan fingerprint density at radius 2 is 1.89 bits per heavy atom. The summed E-state index contributed by atoms with van der Waals surface area (Å²) in [5, 5.41) is 10.5. The van der Waals surface area contributed by atoms with Gasteiger partial charge < -0.3 is 10.4 Å². The van der Waals surface area contributed by atoms with Gasteiger partial charge >= 0.3 is 12.1 Å². The molecule has 19 heavy (non-hydrogen) atoms. The molecule has 1 aromatic carbocycles. The summed E-state index contributed by atoms with van der Waals surface area (Å²) in [6.07, 6.45) is -4.30. The fourth-order valence-electron chi connectivity index (χ4n) is 1.78. The summed E-state index contributed by atoms with van der Waals surface area (Å²) in [7, 11) is 0. The highest BCUT2D eigenvalue weighted by atomic mass is 19.4. The van der Waals surface area contributed by atoms with E-state index in [1.807, 2.05) is 0 Å². The van der Waals surface area contributed by atoms with Gasteiger partial charge in [-0.1, -0.05) is 0 Å². The molecule has 0 amide bonds. The number of nitrogens with one attached hydrogen (secondary N) is 1. The molecule has 0 radical (unpaired) electrons. The highest BCUT2D eigenvalue weighted by molar-refractivity contribution is 5.97. The minimum Gasteiger partial charge on any atom is -0.478 e. The molecular weight excluding hydrogens is 273 g/mol. The molecule has 1 heterocycles. The van der Waals surface area contributed by atoms with Gasteiger partial charge in [0.25, 0.3) is 0 Å². The number of benzene rings is 1. The maximum atomic E-state index is 13.4. The minimum absolute atomic E-state index is 0.282. The molecule has 0 spiro atoms. The second kappa shape index (κ2) is 4.22. The zero-order chi connectivity index (χ0) is 14.4. The van der Waals surface area contributed by atoms with Crippen molar-refractivity contribution in [1.29, 1.82) is 0 Å². The Morgan fingerprint density at radius 3 is 2.42 bits per heavy atom. The maximum absolute atomic E-state index is 13.4. The zero-order valence-electron chi connectivity index (χ0n) is 9.05. The number of alkyl halides is 3. The predicted molar refractivity (Wildman–Crippen MR) is 55.4 cm³/mol. The van der Waals surface area contributed by atoms with Crippen LogP contribution in [0, 0.1) is 11.6 Å². The topological polar surface area (TPSA) is 49.3 Å². The molecule has 3 nitrogen and oxygen atoms in total. The summed E-state index contributed by atoms with van der Waals surface area (Å²) in [5.41, 5.74) is -1.88. The van der Waals surface area contributed by atoms with Crippen LogP contribution in [0.15, 0.2) is 17.7 Å². The van der Waals surface area contributed by atoms with Gasteiger partial charge in [0.15, 0.2) is 6.04 Å². The molecular formula is C11H6F5NO2. The largest absolute Gasteiger partial charge is 0.478 e. The van der Waals surface area contributed by atoms with E-state index in [1.165, 1.54) is 0 Å². The number of carbonyl (C=O) groups is 1. The molecule has 1 aliphatic rings. The third kappa shape index (κ3) is 2.38. The van der Waals surface area contributed by atoms with Crippen LogP contribution in [0.2, 0.25) is 0 Å². The van der Waals surface area contributed by atoms with E-state index in [0.717, 1.165) is 6.07 Å². The van der Waals surface area contributed by atoms with Gasteiger partial charge in [0.1, 0.15) is 11.6 Å². The quantitative estimate of drug-likeness (QED) is 0.777. The SMILES string of the molecule is O=C(O)C1=Cc2cc(F)cc(F)c2NC1C(F)(F)F. The minimum atomic E-state index is -4.91. The van der Waals surface area contributed by atoms with Crippen molar-refractivity contribution >= 4 is 17.7 Å². The number of hydrogen-bond acceptors (Lipinski definition) is 2. The van der Waals surface area contributed by atoms with Crippen molar-refractivity contribution in [3.63, 3.8) is 0 Å². The Labute approximate surface area is 103 Å². The van der Waals surface area contributed by atoms with Crippen LogP contribution in [-0.2, 0) is 4.79 Å². The normalized spacial score (nSPS) is 18.4. The maximum Gasteiger partial charge on any atom is 0.413 e. The van der Waals surface area contributed by atoms with E-state index >= 15 is 0 Å². The Morgan fingerprint density at radius 1 is 1.26 bits per heavy atom. The molecule has 0 fully saturated rings. The summed E-state index contributed by atoms with van der Waals surface area (Å²) >= 11 is 0. The van der Waals surface area contributed by atoms with Crippen LogP contribution >= 0.6 is 0 Å². The fraction of sp³-hybridized carbons (Fsp3) is 0.182. The van der Waals surface area contributed by atoms with Crippen molar-refractivity contribution in [2.75, 3.05) is 5.32 Å². The Hall–Kier alpha value is -2.12. The standard InChI is InChI=1S/C11H6F5NO2/c12-5-1-4-2-6(10(18)19)9(11(14,15)16)17-8(4)7(13)3-5/h1-3,9,17H,(H,18,19). The summed E-state index contributed by atoms with van der Waals surface area (Å²) in [4.78, 5) is 10.8. The Kier molecular flexibility index (Phi) is 2.95. The Bertz CT molecular complexity index is 579. The van der Waals surface area contributed by atoms with E-state index in [-0.39, 0.29) is 5.56 Å². The molecule has 0 bridgehead atoms. The van der Waals surface area contributed by atoms with Crippen molar-refractivity contribution < 1.29 is 31.9 Å². The fourth-order valence-corrected chi connectivity index (χ4v) is 1.78. The number of carboxylic acids is 1. The van der Waals surface area contributed by atoms with Gasteiger partial charge in [0.2, 0.25) is 0 Å². The van der Waals surface area contributed by atoms with Crippen LogP contribution in [0.25, 0.3) is 6.08 Å². The van der Waals surface area contributed by atoms with E-state index in [1.54, 1.807) is 5.32 Å². The third-order valence-electron chi connectivity index (χ3n) is 2.57. The Balaban J connectivity index is 2.61. The third-order valence-corrected chi connectivity index (χ3v) is 2.57. The van der Waals surface area contributed by atoms with Gasteiger partial charge in [-0.05, 0) is 12.1 Å². The molecule has 1 aromatic rings. The van der Waals surface area contributed by atoms with Crippen LogP contribution in [0.4, 0.5) is 27.6 Å². The van der Waals surface area contributed by atoms with E-state index in [0.29, 0.717) is 12.1 Å². The van der Waals surface area contributed by atoms with E-state index in [9.17, 15) is 26.7 Å². The molecule has 0 aromatic heterocycles. The lowest BCUT2D eigenvalue weighted by atomic mass is 9.97. The van der Waals surface area contributed by atoms with Crippen molar-refractivity contribution in [3.05, 3.63) is 34.9 Å². The average Bonchev–Trinajstić information content (AvgIpc) is 2.25. The lowest BCUT2D eigenvalue weighted by Gasteiger charge is -2.28. The van der Waals surface area contributed by atoms with Crippen LogP contribution < -0.4 is 5.32 Å². The molecule has 1 atom stereocenters. The molecule has 8 heteroatoms. The van der Waals surface area contributed by atoms with Gasteiger partial charge in [-0.25, -0.2) is 13.6 Å². The van der Waals surface area contributed by atoms with Crippen molar-refractivity contribution in [2.45, 2.75) is 12.2 Å². The molecule has 2 rings (SSSR count). The molecule has 0 aliphatic carbocycles. The number of halogens is 5. The second-order valence-corrected chi connectivity index (χ2v) is 3.88. The number of fused-ring (bicyclic) bond motifs is 1. The summed E-state index contributed by atoms with van der Waals surface area (Å²) in [6, 6.07) is -1.38. The number of carboxylic acid groups (broad SMARTS) is 1. The number of hydrogen-bond donors (Lipinski definition) is 2. The summed E-state index contributed by atoms with van der Waals surface area (Å²) in [6.45, 7) is 0. The first-order valence-corrected chi connectivity index (χ1v) is 4.97. The summed E-state index contributed by atoms with van der Waals surface area (Å²) < 4.78 is 64.4. The number of rotatable bonds is 1. The van der Waals surface area contributed by atoms with Gasteiger partial charge in [-0.2, -0.15) is 13.2 Å². The number of anilines is 1. The van der Waals surface area contributed by atoms with Gasteiger partial charge in [0.05, 0.1) is 11.3 Å². The van der Waals surface area contributed by atoms with Gasteiger partial charge in [-0.3, -0.25) is 0 Å². The zero-order valence-corrected chi connectivity index (χ0v) is 9.05. The highest BCUT2D eigenvalue weighted by Gasteiger charge is 2.46. The highest BCUT2D eigenvalue weighted by Crippen LogP contribution is 2.37. The van der Waals surface area contributed by atoms with Crippen LogP contribution in [-0.4, -0.2) is 23.3 Å². The second-order valence-electron chi connectivity index (χ2n) is 3.88. The van der Waals surface area contributed by atoms with Crippen LogP contribution in [0.3, 0.4) is 0 Å². The van der Waals surface area contributed by atoms with Crippen LogP contribution in [0.1, 0.15) is 5.56 Å². The predicted octanol–water partition coefficient (Wildman–Crippen LogP) is 2.79. The van der Waals surface area contributed by atoms with E-state index in [2.05, 4.69) is 0 Å². The molecule has 0 saturated carbocycles. The first kappa shape index (κ1) is 13.3. The smallest absolute Gasteiger partial charge is 0.413 e. The first-order valence-electron chi connectivity index (χ1n) is 4.97. The lowest BCUT2D eigenvalue weighted by molar-refractivity contribution is -0.146. The summed E-state index contributed by atoms with van der Waals surface area (Å²) in [5.74, 6) is -4.04. The number of aliphatic carboxylic acids is 1. The molecule has 2 N–H and O–H groups in total. The van der Waals surface area contributed by atoms with E-state index in [4.69, 9.17) is 5.11 Å². The molecule has 1 unspecified atom stereocenters. The average molecular weight is 279 g/mol. The van der Waals surface area contributed by atoms with E-state index < -0.39 is 41.1 Å². The van der Waals surface area contributed by atoms with Crippen molar-refractivity contribution in [1.82, 2.24) is 0 Å². The van der Waals surface area contributed by atoms with Crippen molar-refractivity contribution in [2.24, 2.45) is 0 Å². The molecule has 0 saturated heterocycles. The van der Waals surface area contributed by atoms with Crippen LogP contribution in [0.5, 0.6) is 0 Å². The van der Waals surface area contributed by atoms with Gasteiger partial charge in [0, 0.05) is 11.6 Å². The molecule has 1 aliphatic heterocycles. The monoisotopic (exact) mass is 279 g/mol. The van der Waals surface area contributed by atoms with Crippen molar-refractivity contribution in [3.8, 4) is 0 Å². The molecule has 102 valence electrons. The lowest BCUT2D eigenvalue weighted by Crippen LogP contribution is -2.42. The van der Waals surface area contributed by atoms with Gasteiger partial charge in [-0.15, -0.1) is 0 Å².